The van der Waals surface area contributed by atoms with Gasteiger partial charge in [0.05, 0.1) is 6.61 Å². The molecule has 1 heterocycles. The van der Waals surface area contributed by atoms with Crippen molar-refractivity contribution in [2.24, 2.45) is 0 Å². The highest BCUT2D eigenvalue weighted by molar-refractivity contribution is 8.00. The molecule has 2 nitrogen and oxygen atoms in total. The minimum Gasteiger partial charge on any atom is -0.508 e. The van der Waals surface area contributed by atoms with Gasteiger partial charge in [-0.2, -0.15) is 0 Å². The van der Waals surface area contributed by atoms with Crippen molar-refractivity contribution in [2.75, 3.05) is 13.2 Å². The van der Waals surface area contributed by atoms with E-state index in [0.29, 0.717) is 11.0 Å². The lowest BCUT2D eigenvalue weighted by Gasteiger charge is -2.06. The summed E-state index contributed by atoms with van der Waals surface area (Å²) in [5.41, 5.74) is 0. The monoisotopic (exact) mass is 196 g/mol. The van der Waals surface area contributed by atoms with Gasteiger partial charge in [-0.25, -0.2) is 0 Å². The third kappa shape index (κ3) is 2.39. The van der Waals surface area contributed by atoms with Crippen LogP contribution in [0.3, 0.4) is 0 Å². The van der Waals surface area contributed by atoms with Gasteiger partial charge in [-0.1, -0.05) is 6.07 Å². The number of thioether (sulfide) groups is 1. The molecule has 1 aliphatic rings. The van der Waals surface area contributed by atoms with Crippen molar-refractivity contribution in [3.05, 3.63) is 24.3 Å². The lowest BCUT2D eigenvalue weighted by Crippen LogP contribution is -1.99. The Morgan fingerprint density at radius 3 is 3.08 bits per heavy atom. The number of ether oxygens (including phenoxy) is 1. The van der Waals surface area contributed by atoms with Crippen molar-refractivity contribution in [3.63, 3.8) is 0 Å². The van der Waals surface area contributed by atoms with E-state index in [1.807, 2.05) is 12.1 Å². The second-order valence-electron chi connectivity index (χ2n) is 3.10. The summed E-state index contributed by atoms with van der Waals surface area (Å²) in [6.45, 7) is 1.71. The van der Waals surface area contributed by atoms with E-state index in [1.165, 1.54) is 0 Å². The second kappa shape index (κ2) is 4.03. The molecule has 0 aliphatic carbocycles. The summed E-state index contributed by atoms with van der Waals surface area (Å²) in [7, 11) is 0. The van der Waals surface area contributed by atoms with E-state index in [4.69, 9.17) is 4.74 Å². The zero-order valence-electron chi connectivity index (χ0n) is 7.27. The smallest absolute Gasteiger partial charge is 0.116 e. The Balaban J connectivity index is 2.00. The SMILES string of the molecule is Oc1cccc(SC2CCOC2)c1. The van der Waals surface area contributed by atoms with E-state index >= 15 is 0 Å². The minimum atomic E-state index is 0.337. The molecule has 1 saturated heterocycles. The van der Waals surface area contributed by atoms with Crippen LogP contribution < -0.4 is 0 Å². The highest BCUT2D eigenvalue weighted by Crippen LogP contribution is 2.30. The van der Waals surface area contributed by atoms with Gasteiger partial charge in [-0.05, 0) is 24.6 Å². The van der Waals surface area contributed by atoms with Crippen molar-refractivity contribution in [1.29, 1.82) is 0 Å². The third-order valence-corrected chi connectivity index (χ3v) is 3.24. The normalized spacial score (nSPS) is 22.0. The standard InChI is InChI=1S/C10H12O2S/c11-8-2-1-3-9(6-8)13-10-4-5-12-7-10/h1-3,6,10-11H,4-5,7H2. The number of phenols is 1. The largest absolute Gasteiger partial charge is 0.508 e. The fraction of sp³-hybridized carbons (Fsp3) is 0.400. The van der Waals surface area contributed by atoms with Crippen LogP contribution in [0.25, 0.3) is 0 Å². The van der Waals surface area contributed by atoms with Crippen molar-refractivity contribution < 1.29 is 9.84 Å². The molecule has 1 atom stereocenters. The van der Waals surface area contributed by atoms with Gasteiger partial charge in [0.25, 0.3) is 0 Å². The summed E-state index contributed by atoms with van der Waals surface area (Å²) in [4.78, 5) is 1.12. The Hall–Kier alpha value is -0.670. The van der Waals surface area contributed by atoms with Gasteiger partial charge in [-0.3, -0.25) is 0 Å². The van der Waals surface area contributed by atoms with Crippen LogP contribution >= 0.6 is 11.8 Å². The van der Waals surface area contributed by atoms with E-state index in [-0.39, 0.29) is 0 Å². The van der Waals surface area contributed by atoms with Crippen molar-refractivity contribution >= 4 is 11.8 Å². The molecule has 1 unspecified atom stereocenters. The summed E-state index contributed by atoms with van der Waals surface area (Å²) in [6, 6.07) is 7.37. The van der Waals surface area contributed by atoms with E-state index < -0.39 is 0 Å². The first-order valence-corrected chi connectivity index (χ1v) is 5.26. The Labute approximate surface area is 81.9 Å². The molecular weight excluding hydrogens is 184 g/mol. The maximum Gasteiger partial charge on any atom is 0.116 e. The molecule has 0 saturated carbocycles. The summed E-state index contributed by atoms with van der Waals surface area (Å²) < 4.78 is 5.28. The predicted octanol–water partition coefficient (Wildman–Crippen LogP) is 2.27. The lowest BCUT2D eigenvalue weighted by molar-refractivity contribution is 0.199. The first kappa shape index (κ1) is 8.91. The molecule has 0 amide bonds. The lowest BCUT2D eigenvalue weighted by atomic mass is 10.3. The average Bonchev–Trinajstić information content (AvgIpc) is 2.57. The maximum absolute atomic E-state index is 9.24. The van der Waals surface area contributed by atoms with Gasteiger partial charge in [0, 0.05) is 16.8 Å². The number of aromatic hydroxyl groups is 1. The van der Waals surface area contributed by atoms with Gasteiger partial charge in [0.2, 0.25) is 0 Å². The summed E-state index contributed by atoms with van der Waals surface area (Å²) in [6.07, 6.45) is 1.11. The highest BCUT2D eigenvalue weighted by Gasteiger charge is 2.16. The number of phenolic OH excluding ortho intramolecular Hbond substituents is 1. The maximum atomic E-state index is 9.24. The van der Waals surface area contributed by atoms with Crippen molar-refractivity contribution in [2.45, 2.75) is 16.6 Å². The third-order valence-electron chi connectivity index (χ3n) is 2.01. The van der Waals surface area contributed by atoms with Crippen LogP contribution in [-0.2, 0) is 4.74 Å². The fourth-order valence-electron chi connectivity index (χ4n) is 1.36. The molecule has 1 fully saturated rings. The molecule has 1 N–H and O–H groups in total. The summed E-state index contributed by atoms with van der Waals surface area (Å²) in [5, 5.41) is 9.80. The van der Waals surface area contributed by atoms with Gasteiger partial charge >= 0.3 is 0 Å². The van der Waals surface area contributed by atoms with E-state index in [2.05, 4.69) is 0 Å². The van der Waals surface area contributed by atoms with Gasteiger partial charge in [0.1, 0.15) is 5.75 Å². The van der Waals surface area contributed by atoms with Crippen LogP contribution in [0.15, 0.2) is 29.2 Å². The Bertz CT molecular complexity index is 282. The zero-order chi connectivity index (χ0) is 9.10. The quantitative estimate of drug-likeness (QED) is 0.786. The zero-order valence-corrected chi connectivity index (χ0v) is 8.09. The molecule has 0 radical (unpaired) electrons. The second-order valence-corrected chi connectivity index (χ2v) is 4.47. The molecule has 0 spiro atoms. The molecule has 1 aromatic carbocycles. The Kier molecular flexibility index (Phi) is 2.76. The summed E-state index contributed by atoms with van der Waals surface area (Å²) in [5.74, 6) is 0.337. The van der Waals surface area contributed by atoms with E-state index in [1.54, 1.807) is 23.9 Å². The van der Waals surface area contributed by atoms with Crippen LogP contribution in [0, 0.1) is 0 Å². The molecular formula is C10H12O2S. The van der Waals surface area contributed by atoms with Crippen LogP contribution in [0.1, 0.15) is 6.42 Å². The van der Waals surface area contributed by atoms with Gasteiger partial charge in [-0.15, -0.1) is 11.8 Å². The molecule has 13 heavy (non-hydrogen) atoms. The van der Waals surface area contributed by atoms with Gasteiger partial charge in [0.15, 0.2) is 0 Å². The molecule has 3 heteroatoms. The topological polar surface area (TPSA) is 29.5 Å². The minimum absolute atomic E-state index is 0.337. The van der Waals surface area contributed by atoms with Crippen LogP contribution in [0.4, 0.5) is 0 Å². The molecule has 1 aromatic rings. The Morgan fingerprint density at radius 1 is 1.46 bits per heavy atom. The highest BCUT2D eigenvalue weighted by atomic mass is 32.2. The van der Waals surface area contributed by atoms with Gasteiger partial charge < -0.3 is 9.84 Å². The molecule has 2 rings (SSSR count). The van der Waals surface area contributed by atoms with Crippen LogP contribution in [-0.4, -0.2) is 23.6 Å². The van der Waals surface area contributed by atoms with Crippen molar-refractivity contribution in [3.8, 4) is 5.75 Å². The van der Waals surface area contributed by atoms with Crippen LogP contribution in [0.2, 0.25) is 0 Å². The van der Waals surface area contributed by atoms with E-state index in [0.717, 1.165) is 24.5 Å². The average molecular weight is 196 g/mol. The van der Waals surface area contributed by atoms with E-state index in [9.17, 15) is 5.11 Å². The van der Waals surface area contributed by atoms with Crippen LogP contribution in [0.5, 0.6) is 5.75 Å². The first-order valence-electron chi connectivity index (χ1n) is 4.38. The first-order chi connectivity index (χ1) is 6.34. The number of benzene rings is 1. The predicted molar refractivity (Wildman–Crippen MR) is 53.2 cm³/mol. The summed E-state index contributed by atoms with van der Waals surface area (Å²) >= 11 is 1.78. The Morgan fingerprint density at radius 2 is 2.38 bits per heavy atom. The fourth-order valence-corrected chi connectivity index (χ4v) is 2.46. The van der Waals surface area contributed by atoms with Crippen molar-refractivity contribution in [1.82, 2.24) is 0 Å². The number of rotatable bonds is 2. The molecule has 0 bridgehead atoms. The molecule has 0 aromatic heterocycles. The molecule has 1 aliphatic heterocycles. The molecule has 70 valence electrons. The number of hydrogen-bond acceptors (Lipinski definition) is 3. The number of hydrogen-bond donors (Lipinski definition) is 1.